The topological polar surface area (TPSA) is 27.5 Å². The molecule has 5 nitrogen and oxygen atoms in total. The number of nitrogens with zero attached hydrogens (tertiary/aromatic N) is 5. The molecule has 0 atom stereocenters. The molecule has 0 fully saturated rings. The summed E-state index contributed by atoms with van der Waals surface area (Å²) in [5.74, 6) is 0. The lowest BCUT2D eigenvalue weighted by molar-refractivity contribution is 0.496. The summed E-state index contributed by atoms with van der Waals surface area (Å²) in [4.78, 5) is 7.05. The van der Waals surface area contributed by atoms with Gasteiger partial charge < -0.3 is 14.6 Å². The number of hydrogen-bond acceptors (Lipinski definition) is 4. The van der Waals surface area contributed by atoms with Crippen molar-refractivity contribution >= 4 is 34.8 Å². The molecule has 4 heterocycles. The highest BCUT2D eigenvalue weighted by Gasteiger charge is 2.42. The van der Waals surface area contributed by atoms with Crippen molar-refractivity contribution in [1.82, 2.24) is 14.7 Å². The third-order valence-corrected chi connectivity index (χ3v) is 7.81. The van der Waals surface area contributed by atoms with Gasteiger partial charge in [0.1, 0.15) is 0 Å². The van der Waals surface area contributed by atoms with E-state index < -0.39 is 0 Å². The molecule has 3 aliphatic heterocycles. The first-order valence-corrected chi connectivity index (χ1v) is 12.7. The normalized spacial score (nSPS) is 14.7. The minimum atomic E-state index is 0.0901. The van der Waals surface area contributed by atoms with Crippen LogP contribution in [-0.2, 0) is 0 Å². The third kappa shape index (κ3) is 2.96. The van der Waals surface area contributed by atoms with Crippen LogP contribution in [-0.4, -0.2) is 35.2 Å². The summed E-state index contributed by atoms with van der Waals surface area (Å²) in [6.07, 6.45) is 8.12. The molecule has 0 amide bonds. The van der Waals surface area contributed by atoms with Crippen molar-refractivity contribution in [2.45, 2.75) is 0 Å². The minimum Gasteiger partial charge on any atom is -0.376 e. The zero-order chi connectivity index (χ0) is 24.5. The Morgan fingerprint density at radius 1 is 0.676 bits per heavy atom. The fourth-order valence-corrected chi connectivity index (χ4v) is 6.15. The van der Waals surface area contributed by atoms with Gasteiger partial charge in [-0.05, 0) is 52.4 Å². The highest BCUT2D eigenvalue weighted by Crippen LogP contribution is 2.47. The van der Waals surface area contributed by atoms with E-state index in [0.717, 1.165) is 12.4 Å². The van der Waals surface area contributed by atoms with E-state index in [4.69, 9.17) is 0 Å². The summed E-state index contributed by atoms with van der Waals surface area (Å²) in [5.41, 5.74) is 12.5. The van der Waals surface area contributed by atoms with Crippen molar-refractivity contribution < 1.29 is 0 Å². The van der Waals surface area contributed by atoms with Gasteiger partial charge in [0.05, 0.1) is 12.4 Å². The second-order valence-corrected chi connectivity index (χ2v) is 9.97. The molecule has 3 aliphatic rings. The second kappa shape index (κ2) is 7.64. The maximum Gasteiger partial charge on any atom is 0.329 e. The summed E-state index contributed by atoms with van der Waals surface area (Å²) in [5, 5.41) is 4.52. The Hall–Kier alpha value is -4.71. The monoisotopic (exact) mass is 477 g/mol. The third-order valence-electron chi connectivity index (χ3n) is 7.81. The highest BCUT2D eigenvalue weighted by atomic mass is 15.3. The molecular weight excluding hydrogens is 453 g/mol. The van der Waals surface area contributed by atoms with Crippen LogP contribution in [0.5, 0.6) is 0 Å². The van der Waals surface area contributed by atoms with Gasteiger partial charge in [-0.15, -0.1) is 0 Å². The molecule has 1 aromatic heterocycles. The molecule has 4 aromatic carbocycles. The Morgan fingerprint density at radius 2 is 1.32 bits per heavy atom. The predicted octanol–water partition coefficient (Wildman–Crippen LogP) is 4.96. The Bertz CT molecular complexity index is 1710. The van der Waals surface area contributed by atoms with Gasteiger partial charge in [0.15, 0.2) is 0 Å². The van der Waals surface area contributed by atoms with E-state index in [-0.39, 0.29) is 6.85 Å². The Kier molecular flexibility index (Phi) is 4.23. The van der Waals surface area contributed by atoms with E-state index >= 15 is 0 Å². The van der Waals surface area contributed by atoms with Crippen LogP contribution in [0.2, 0.25) is 0 Å². The van der Waals surface area contributed by atoms with Gasteiger partial charge in [0.25, 0.3) is 0 Å². The predicted molar refractivity (Wildman–Crippen MR) is 152 cm³/mol. The maximum absolute atomic E-state index is 4.52. The van der Waals surface area contributed by atoms with Crippen LogP contribution in [0.4, 0.5) is 17.1 Å². The van der Waals surface area contributed by atoms with E-state index in [9.17, 15) is 0 Å². The molecule has 37 heavy (non-hydrogen) atoms. The standard InChI is InChI=1S/C31H24BN5/c1-34-17-18-35(21-34)22-11-13-26-24-7-2-4-9-28(24)32-29-10-5-3-8-25(29)27-14-12-23(36-16-6-15-33-36)20-31(27)37(32)30(26)19-22/h2-20H,21H2,1H3. The first-order valence-electron chi connectivity index (χ1n) is 12.7. The van der Waals surface area contributed by atoms with Gasteiger partial charge in [-0.1, -0.05) is 60.7 Å². The van der Waals surface area contributed by atoms with Crippen molar-refractivity contribution in [2.24, 2.45) is 0 Å². The lowest BCUT2D eigenvalue weighted by Crippen LogP contribution is -2.59. The molecule has 0 saturated carbocycles. The molecule has 8 rings (SSSR count). The number of anilines is 3. The van der Waals surface area contributed by atoms with Gasteiger partial charge in [0, 0.05) is 60.0 Å². The molecule has 0 radical (unpaired) electrons. The Labute approximate surface area is 216 Å². The fourth-order valence-electron chi connectivity index (χ4n) is 6.15. The van der Waals surface area contributed by atoms with Crippen molar-refractivity contribution in [3.8, 4) is 27.9 Å². The maximum atomic E-state index is 4.52. The Morgan fingerprint density at radius 3 is 1.95 bits per heavy atom. The summed E-state index contributed by atoms with van der Waals surface area (Å²) >= 11 is 0. The van der Waals surface area contributed by atoms with Crippen LogP contribution < -0.4 is 20.6 Å². The summed E-state index contributed by atoms with van der Waals surface area (Å²) < 4.78 is 1.94. The first kappa shape index (κ1) is 20.5. The molecular formula is C31H24BN5. The molecule has 0 spiro atoms. The van der Waals surface area contributed by atoms with Crippen LogP contribution in [0, 0.1) is 0 Å². The number of benzene rings is 4. The zero-order valence-electron chi connectivity index (χ0n) is 20.5. The lowest BCUT2D eigenvalue weighted by atomic mass is 9.43. The van der Waals surface area contributed by atoms with Crippen molar-refractivity contribution in [1.29, 1.82) is 0 Å². The van der Waals surface area contributed by atoms with Crippen LogP contribution >= 0.6 is 0 Å². The first-order chi connectivity index (χ1) is 18.3. The van der Waals surface area contributed by atoms with Gasteiger partial charge >= 0.3 is 6.85 Å². The summed E-state index contributed by atoms with van der Waals surface area (Å²) in [7, 11) is 2.11. The number of fused-ring (bicyclic) bond motifs is 11. The van der Waals surface area contributed by atoms with Gasteiger partial charge in [-0.25, -0.2) is 4.68 Å². The fraction of sp³-hybridized carbons (Fsp3) is 0.0645. The molecule has 5 aromatic rings. The average molecular weight is 477 g/mol. The zero-order valence-corrected chi connectivity index (χ0v) is 20.5. The molecule has 0 saturated heterocycles. The minimum absolute atomic E-state index is 0.0901. The second-order valence-electron chi connectivity index (χ2n) is 9.97. The van der Waals surface area contributed by atoms with Crippen molar-refractivity contribution in [3.63, 3.8) is 0 Å². The summed E-state index contributed by atoms with van der Waals surface area (Å²) in [6.45, 7) is 0.939. The lowest BCUT2D eigenvalue weighted by Gasteiger charge is -2.43. The molecule has 6 heteroatoms. The van der Waals surface area contributed by atoms with E-state index in [1.165, 1.54) is 50.2 Å². The van der Waals surface area contributed by atoms with Crippen LogP contribution in [0.1, 0.15) is 0 Å². The van der Waals surface area contributed by atoms with Gasteiger partial charge in [0.2, 0.25) is 0 Å². The molecule has 176 valence electrons. The van der Waals surface area contributed by atoms with E-state index in [2.05, 4.69) is 124 Å². The highest BCUT2D eigenvalue weighted by molar-refractivity contribution is 6.92. The smallest absolute Gasteiger partial charge is 0.329 e. The van der Waals surface area contributed by atoms with Crippen molar-refractivity contribution in [3.05, 3.63) is 116 Å². The average Bonchev–Trinajstić information content (AvgIpc) is 3.65. The largest absolute Gasteiger partial charge is 0.376 e. The molecule has 0 aliphatic carbocycles. The molecule has 0 bridgehead atoms. The van der Waals surface area contributed by atoms with Gasteiger partial charge in [-0.2, -0.15) is 5.10 Å². The molecule has 0 N–H and O–H groups in total. The van der Waals surface area contributed by atoms with Crippen LogP contribution in [0.25, 0.3) is 27.9 Å². The number of hydrogen-bond donors (Lipinski definition) is 0. The van der Waals surface area contributed by atoms with Crippen molar-refractivity contribution in [2.75, 3.05) is 23.4 Å². The number of rotatable bonds is 2. The van der Waals surface area contributed by atoms with Gasteiger partial charge in [-0.3, -0.25) is 0 Å². The molecule has 0 unspecified atom stereocenters. The van der Waals surface area contributed by atoms with E-state index in [0.29, 0.717) is 0 Å². The van der Waals surface area contributed by atoms with Crippen LogP contribution in [0.3, 0.4) is 0 Å². The van der Waals surface area contributed by atoms with E-state index in [1.807, 2.05) is 23.1 Å². The summed E-state index contributed by atoms with van der Waals surface area (Å²) in [6, 6.07) is 33.3. The number of aromatic nitrogens is 2. The Balaban J connectivity index is 1.42. The van der Waals surface area contributed by atoms with E-state index in [1.54, 1.807) is 0 Å². The van der Waals surface area contributed by atoms with Crippen LogP contribution in [0.15, 0.2) is 116 Å². The SMILES string of the molecule is CN1C=CN(c2ccc3c(c2)N2B(c4ccccc4-3)c3ccccc3-c3ccc(-n4cccn4)cc32)C1. The quantitative estimate of drug-likeness (QED) is 0.336.